The van der Waals surface area contributed by atoms with Gasteiger partial charge in [0.25, 0.3) is 0 Å². The summed E-state index contributed by atoms with van der Waals surface area (Å²) >= 11 is 0. The lowest BCUT2D eigenvalue weighted by atomic mass is 9.97. The van der Waals surface area contributed by atoms with Crippen molar-refractivity contribution in [1.29, 1.82) is 0 Å². The second kappa shape index (κ2) is 15.6. The number of phenols is 2. The Morgan fingerprint density at radius 3 is 1.85 bits per heavy atom. The number of hydrogen-bond donors (Lipinski definition) is 12. The van der Waals surface area contributed by atoms with Gasteiger partial charge in [-0.1, -0.05) is 0 Å². The molecule has 0 radical (unpaired) electrons. The SMILES string of the molecule is C[C@@H]1O[C@@H](Oc2c(-c3ccc(O)cc3)oc3cc(O[C@H]4O[C@@H](CO)[C@@H](O)[C@@H](O)[C@H]4O)cc(O)c3c2=O)[C@@H](O[C@@H]2O[C@H](CO)[C@H](O)[C@@H](O)[C@@H]2O)[C@@H](O)[C@H]1O. The van der Waals surface area contributed by atoms with Gasteiger partial charge in [-0.15, -0.1) is 0 Å². The summed E-state index contributed by atoms with van der Waals surface area (Å²) in [7, 11) is 0. The molecule has 2 aromatic carbocycles. The number of fused-ring (bicyclic) bond motifs is 1. The van der Waals surface area contributed by atoms with Crippen LogP contribution in [0.15, 0.2) is 45.6 Å². The number of benzene rings is 2. The molecule has 0 unspecified atom stereocenters. The van der Waals surface area contributed by atoms with Crippen LogP contribution in [-0.4, -0.2) is 167 Å². The first kappa shape index (κ1) is 39.0. The minimum Gasteiger partial charge on any atom is -0.508 e. The molecule has 0 bridgehead atoms. The minimum absolute atomic E-state index is 0.118. The lowest BCUT2D eigenvalue weighted by Crippen LogP contribution is -2.64. The van der Waals surface area contributed by atoms with Crippen LogP contribution in [0.5, 0.6) is 23.0 Å². The Bertz CT molecular complexity index is 1780. The Balaban J connectivity index is 1.40. The Morgan fingerprint density at radius 2 is 1.25 bits per heavy atom. The molecule has 4 heterocycles. The minimum atomic E-state index is -1.94. The van der Waals surface area contributed by atoms with Gasteiger partial charge in [0.15, 0.2) is 18.2 Å². The van der Waals surface area contributed by atoms with Crippen molar-refractivity contribution in [2.75, 3.05) is 13.2 Å². The van der Waals surface area contributed by atoms with Crippen LogP contribution in [0.4, 0.5) is 0 Å². The number of phenolic OH excluding ortho intramolecular Hbond substituents is 2. The van der Waals surface area contributed by atoms with Gasteiger partial charge in [-0.3, -0.25) is 4.79 Å². The van der Waals surface area contributed by atoms with Crippen LogP contribution >= 0.6 is 0 Å². The van der Waals surface area contributed by atoms with E-state index < -0.39 is 128 Å². The van der Waals surface area contributed by atoms with Crippen LogP contribution in [0, 0.1) is 0 Å². The first-order valence-corrected chi connectivity index (χ1v) is 16.4. The second-order valence-corrected chi connectivity index (χ2v) is 12.9. The molecular weight excluding hydrogens is 716 g/mol. The highest BCUT2D eigenvalue weighted by Crippen LogP contribution is 2.39. The zero-order chi connectivity index (χ0) is 38.5. The van der Waals surface area contributed by atoms with Crippen molar-refractivity contribution < 1.29 is 94.1 Å². The van der Waals surface area contributed by atoms with Gasteiger partial charge in [0.05, 0.1) is 19.3 Å². The summed E-state index contributed by atoms with van der Waals surface area (Å²) in [5.74, 6) is -2.16. The largest absolute Gasteiger partial charge is 0.508 e. The van der Waals surface area contributed by atoms with Crippen molar-refractivity contribution in [2.45, 2.75) is 99.0 Å². The third kappa shape index (κ3) is 7.39. The standard InChI is InChI=1S/C33H40O20/c1-10-19(38)25(44)30(53-32-27(46)24(43)21(40)17(9-35)51-32)33(47-10)52-29-22(41)18-14(37)6-13(48-31-26(45)23(42)20(39)16(8-34)50-31)7-15(18)49-28(29)11-2-4-12(36)5-3-11/h2-7,10,16-17,19-21,23-27,30-40,42-46H,8-9H2,1H3/t10-,16-,17+,19-,20+,21-,23+,24+,25-,26+,27-,30-,31-,32-,33-/m0/s1. The fraction of sp³-hybridized carbons (Fsp3) is 0.545. The molecular formula is C33H40O20. The Kier molecular flexibility index (Phi) is 11.5. The number of hydrogen-bond acceptors (Lipinski definition) is 20. The maximum Gasteiger partial charge on any atom is 0.239 e. The zero-order valence-electron chi connectivity index (χ0n) is 27.7. The van der Waals surface area contributed by atoms with Crippen molar-refractivity contribution >= 4 is 11.0 Å². The monoisotopic (exact) mass is 756 g/mol. The molecule has 53 heavy (non-hydrogen) atoms. The first-order valence-electron chi connectivity index (χ1n) is 16.4. The predicted molar refractivity (Wildman–Crippen MR) is 171 cm³/mol. The molecule has 1 aromatic heterocycles. The molecule has 3 saturated heterocycles. The lowest BCUT2D eigenvalue weighted by Gasteiger charge is -2.45. The lowest BCUT2D eigenvalue weighted by molar-refractivity contribution is -0.355. The molecule has 0 amide bonds. The van der Waals surface area contributed by atoms with E-state index in [1.54, 1.807) is 0 Å². The molecule has 0 saturated carbocycles. The van der Waals surface area contributed by atoms with Gasteiger partial charge in [-0.25, -0.2) is 0 Å². The van der Waals surface area contributed by atoms with Crippen LogP contribution < -0.4 is 14.9 Å². The maximum atomic E-state index is 14.2. The van der Waals surface area contributed by atoms with Gasteiger partial charge in [-0.05, 0) is 31.2 Å². The summed E-state index contributed by atoms with van der Waals surface area (Å²) in [6.07, 6.45) is -25.3. The Hall–Kier alpha value is -3.71. The van der Waals surface area contributed by atoms with Crippen molar-refractivity contribution in [3.05, 3.63) is 46.6 Å². The number of rotatable bonds is 9. The topological polar surface area (TPSA) is 328 Å². The molecule has 20 nitrogen and oxygen atoms in total. The van der Waals surface area contributed by atoms with E-state index in [9.17, 15) is 66.1 Å². The molecule has 6 rings (SSSR count). The summed E-state index contributed by atoms with van der Waals surface area (Å²) < 4.78 is 39.9. The summed E-state index contributed by atoms with van der Waals surface area (Å²) in [5.41, 5.74) is -1.24. The number of aromatic hydroxyl groups is 2. The summed E-state index contributed by atoms with van der Waals surface area (Å²) in [4.78, 5) is 14.2. The molecule has 3 aromatic rings. The normalized spacial score (nSPS) is 37.8. The summed E-state index contributed by atoms with van der Waals surface area (Å²) in [6, 6.07) is 7.25. The number of aliphatic hydroxyl groups is 10. The molecule has 12 N–H and O–H groups in total. The van der Waals surface area contributed by atoms with E-state index in [0.717, 1.165) is 12.1 Å². The van der Waals surface area contributed by atoms with Crippen LogP contribution in [0.3, 0.4) is 0 Å². The van der Waals surface area contributed by atoms with Crippen molar-refractivity contribution in [1.82, 2.24) is 0 Å². The fourth-order valence-electron chi connectivity index (χ4n) is 6.23. The van der Waals surface area contributed by atoms with E-state index in [-0.39, 0.29) is 28.4 Å². The van der Waals surface area contributed by atoms with E-state index >= 15 is 0 Å². The van der Waals surface area contributed by atoms with Crippen LogP contribution in [0.1, 0.15) is 6.92 Å². The summed E-state index contributed by atoms with van der Waals surface area (Å²) in [6.45, 7) is -0.183. The second-order valence-electron chi connectivity index (χ2n) is 12.9. The highest BCUT2D eigenvalue weighted by atomic mass is 16.8. The Labute approximate surface area is 298 Å². The van der Waals surface area contributed by atoms with Gasteiger partial charge in [-0.2, -0.15) is 0 Å². The van der Waals surface area contributed by atoms with Crippen LogP contribution in [0.25, 0.3) is 22.3 Å². The average molecular weight is 757 g/mol. The summed E-state index contributed by atoms with van der Waals surface area (Å²) in [5, 5.41) is 123. The third-order valence-corrected chi connectivity index (χ3v) is 9.29. The van der Waals surface area contributed by atoms with E-state index in [1.165, 1.54) is 31.2 Å². The molecule has 3 aliphatic heterocycles. The molecule has 0 spiro atoms. The first-order chi connectivity index (χ1) is 25.1. The van der Waals surface area contributed by atoms with Crippen LogP contribution in [-0.2, 0) is 18.9 Å². The van der Waals surface area contributed by atoms with Gasteiger partial charge in [0.1, 0.15) is 89.3 Å². The highest BCUT2D eigenvalue weighted by molar-refractivity contribution is 5.88. The van der Waals surface area contributed by atoms with E-state index in [1.807, 2.05) is 0 Å². The highest BCUT2D eigenvalue weighted by Gasteiger charge is 2.51. The Morgan fingerprint density at radius 1 is 0.660 bits per heavy atom. The van der Waals surface area contributed by atoms with Gasteiger partial charge < -0.3 is 94.1 Å². The molecule has 292 valence electrons. The average Bonchev–Trinajstić information content (AvgIpc) is 3.13. The number of ether oxygens (including phenoxy) is 6. The van der Waals surface area contributed by atoms with Crippen molar-refractivity contribution in [2.24, 2.45) is 0 Å². The molecule has 0 aliphatic carbocycles. The van der Waals surface area contributed by atoms with E-state index in [0.29, 0.717) is 0 Å². The van der Waals surface area contributed by atoms with E-state index in [4.69, 9.17) is 32.8 Å². The van der Waals surface area contributed by atoms with Gasteiger partial charge >= 0.3 is 0 Å². The smallest absolute Gasteiger partial charge is 0.239 e. The zero-order valence-corrected chi connectivity index (χ0v) is 27.7. The molecule has 20 heteroatoms. The van der Waals surface area contributed by atoms with Crippen molar-refractivity contribution in [3.8, 4) is 34.3 Å². The van der Waals surface area contributed by atoms with E-state index in [2.05, 4.69) is 0 Å². The van der Waals surface area contributed by atoms with Gasteiger partial charge in [0, 0.05) is 17.7 Å². The maximum absolute atomic E-state index is 14.2. The fourth-order valence-corrected chi connectivity index (χ4v) is 6.23. The third-order valence-electron chi connectivity index (χ3n) is 9.29. The quantitative estimate of drug-likeness (QED) is 0.0992. The molecule has 3 fully saturated rings. The van der Waals surface area contributed by atoms with Crippen molar-refractivity contribution in [3.63, 3.8) is 0 Å². The number of aliphatic hydroxyl groups excluding tert-OH is 10. The molecule has 15 atom stereocenters. The van der Waals surface area contributed by atoms with Crippen LogP contribution in [0.2, 0.25) is 0 Å². The predicted octanol–water partition coefficient (Wildman–Crippen LogP) is -3.92. The molecule has 3 aliphatic rings. The van der Waals surface area contributed by atoms with Gasteiger partial charge in [0.2, 0.25) is 23.8 Å².